The minimum atomic E-state index is -4.78. The van der Waals surface area contributed by atoms with Crippen LogP contribution in [0.3, 0.4) is 0 Å². The van der Waals surface area contributed by atoms with Gasteiger partial charge in [-0.2, -0.15) is 9.97 Å². The van der Waals surface area contributed by atoms with E-state index in [9.17, 15) is 35.9 Å². The van der Waals surface area contributed by atoms with Crippen molar-refractivity contribution in [2.45, 2.75) is 39.7 Å². The van der Waals surface area contributed by atoms with Crippen LogP contribution in [-0.4, -0.2) is 118 Å². The number of rotatable bonds is 11. The molecule has 4 aromatic heterocycles. The number of nitrogens with zero attached hydrogens (tertiary/aromatic N) is 9. The quantitative estimate of drug-likeness (QED) is 0.122. The first-order valence-electron chi connectivity index (χ1n) is 24.2. The van der Waals surface area contributed by atoms with Gasteiger partial charge in [0.2, 0.25) is 11.6 Å². The summed E-state index contributed by atoms with van der Waals surface area (Å²) >= 11 is 3.42. The van der Waals surface area contributed by atoms with Gasteiger partial charge in [0.15, 0.2) is 0 Å². The molecule has 0 bridgehead atoms. The Kier molecular flexibility index (Phi) is 17.8. The molecule has 404 valence electrons. The zero-order valence-electron chi connectivity index (χ0n) is 42.2. The molecule has 23 heteroatoms. The number of hydrogen-bond acceptors (Lipinski definition) is 14. The fourth-order valence-electron chi connectivity index (χ4n) is 8.26. The number of piperazine rings is 2. The number of ether oxygens (including phenoxy) is 2. The first kappa shape index (κ1) is 55.6. The van der Waals surface area contributed by atoms with Crippen LogP contribution in [0.2, 0.25) is 0 Å². The summed E-state index contributed by atoms with van der Waals surface area (Å²) in [6, 6.07) is 32.8. The monoisotopic (exact) mass is 1130 g/mol. The van der Waals surface area contributed by atoms with Gasteiger partial charge in [0, 0.05) is 85.0 Å². The number of anilines is 1. The van der Waals surface area contributed by atoms with Crippen molar-refractivity contribution in [1.29, 1.82) is 0 Å². The molecule has 0 aliphatic carbocycles. The van der Waals surface area contributed by atoms with Crippen LogP contribution in [0, 0.1) is 13.8 Å². The molecule has 2 saturated heterocycles. The summed E-state index contributed by atoms with van der Waals surface area (Å²) in [5, 5.41) is 11.0. The second-order valence-corrected chi connectivity index (χ2v) is 19.1. The summed E-state index contributed by atoms with van der Waals surface area (Å²) in [5.74, 6) is -0.395. The van der Waals surface area contributed by atoms with E-state index in [-0.39, 0.29) is 57.2 Å². The second-order valence-electron chi connectivity index (χ2n) is 18.2. The third kappa shape index (κ3) is 15.3. The molecule has 0 unspecified atom stereocenters. The maximum absolute atomic E-state index is 13.4. The smallest absolute Gasteiger partial charge is 0.406 e. The van der Waals surface area contributed by atoms with Gasteiger partial charge in [-0.15, -0.1) is 26.3 Å². The van der Waals surface area contributed by atoms with Gasteiger partial charge in [-0.1, -0.05) is 50.5 Å². The summed E-state index contributed by atoms with van der Waals surface area (Å²) in [4.78, 5) is 42.1. The lowest BCUT2D eigenvalue weighted by molar-refractivity contribution is -0.275. The SMILES string of the molecule is CN1CCNCC1.Cc1ccc(-c2nc(-c3ccc(OC(F)(F)F)cc3)no2)c(=O)n1Cc1cccc(Br)c1.Cc1ccc(-c2nc(-c3ccc(OC(F)(F)F)cc3)no2)c(=O)n1Cc1cccc(N2CCN(C)CC2)c1. The van der Waals surface area contributed by atoms with Crippen molar-refractivity contribution in [3.05, 3.63) is 169 Å². The van der Waals surface area contributed by atoms with Crippen LogP contribution < -0.4 is 30.8 Å². The molecule has 0 amide bonds. The number of nitrogens with one attached hydrogen (secondary N) is 1. The van der Waals surface area contributed by atoms with Crippen molar-refractivity contribution in [2.75, 3.05) is 71.4 Å². The molecule has 8 aromatic rings. The predicted octanol–water partition coefficient (Wildman–Crippen LogP) is 9.68. The number of aryl methyl sites for hydroxylation is 2. The molecule has 1 N–H and O–H groups in total. The maximum Gasteiger partial charge on any atom is 0.573 e. The number of pyridine rings is 2. The minimum absolute atomic E-state index is 0.0172. The molecule has 77 heavy (non-hydrogen) atoms. The van der Waals surface area contributed by atoms with Gasteiger partial charge in [-0.3, -0.25) is 9.59 Å². The second kappa shape index (κ2) is 24.6. The molecule has 10 rings (SSSR count). The molecule has 0 saturated carbocycles. The molecule has 0 spiro atoms. The Morgan fingerprint density at radius 2 is 1.01 bits per heavy atom. The lowest BCUT2D eigenvalue weighted by Gasteiger charge is -2.34. The van der Waals surface area contributed by atoms with Crippen molar-refractivity contribution in [3.63, 3.8) is 0 Å². The van der Waals surface area contributed by atoms with Crippen LogP contribution in [0.15, 0.2) is 144 Å². The Morgan fingerprint density at radius 3 is 1.44 bits per heavy atom. The molecule has 2 fully saturated rings. The molecule has 16 nitrogen and oxygen atoms in total. The zero-order valence-corrected chi connectivity index (χ0v) is 43.8. The molecular formula is C54H53BrF6N10O6. The fourth-order valence-corrected chi connectivity index (χ4v) is 8.71. The summed E-state index contributed by atoms with van der Waals surface area (Å²) in [7, 11) is 4.27. The van der Waals surface area contributed by atoms with E-state index in [0.717, 1.165) is 96.2 Å². The normalized spacial score (nSPS) is 14.3. The fraction of sp³-hybridized carbons (Fsp3) is 0.296. The van der Waals surface area contributed by atoms with E-state index in [1.807, 2.05) is 56.3 Å². The van der Waals surface area contributed by atoms with E-state index in [1.54, 1.807) is 27.3 Å². The van der Waals surface area contributed by atoms with Crippen molar-refractivity contribution < 1.29 is 44.9 Å². The predicted molar refractivity (Wildman–Crippen MR) is 281 cm³/mol. The Balaban J connectivity index is 0.000000182. The molecule has 2 aliphatic heterocycles. The van der Waals surface area contributed by atoms with Gasteiger partial charge in [0.25, 0.3) is 22.9 Å². The van der Waals surface area contributed by atoms with Gasteiger partial charge in [0.1, 0.15) is 22.6 Å². The topological polar surface area (TPSA) is 162 Å². The Morgan fingerprint density at radius 1 is 0.571 bits per heavy atom. The van der Waals surface area contributed by atoms with Gasteiger partial charge in [0.05, 0.1) is 13.1 Å². The van der Waals surface area contributed by atoms with Crippen LogP contribution in [0.1, 0.15) is 22.5 Å². The summed E-state index contributed by atoms with van der Waals surface area (Å²) < 4.78 is 96.7. The standard InChI is InChI=1S/C27H26F3N5O3.C22H15BrF3N3O3.C5H12N2/c1-18-6-11-23(25-31-24(32-38-25)20-7-9-22(10-8-20)37-27(28,29)30)26(36)35(18)17-19-4-3-5-21(16-19)34-14-12-33(2)13-15-34;1-13-5-10-18(21(30)29(13)12-14-3-2-4-16(23)11-14)20-27-19(28-32-20)15-6-8-17(9-7-15)31-22(24,25)26;1-7-4-2-6-3-5-7/h3-11,16H,12-15,17H2,1-2H3;2-11H,12H2,1H3;6H,2-5H2,1H3. The lowest BCUT2D eigenvalue weighted by atomic mass is 10.1. The summed E-state index contributed by atoms with van der Waals surface area (Å²) in [6.45, 7) is 13.1. The summed E-state index contributed by atoms with van der Waals surface area (Å²) in [5.41, 5.74) is 5.33. The van der Waals surface area contributed by atoms with E-state index in [2.05, 4.69) is 91.9 Å². The zero-order chi connectivity index (χ0) is 54.9. The van der Waals surface area contributed by atoms with Crippen LogP contribution in [0.5, 0.6) is 11.5 Å². The Labute approximate surface area is 446 Å². The van der Waals surface area contributed by atoms with Gasteiger partial charge >= 0.3 is 12.7 Å². The van der Waals surface area contributed by atoms with Crippen LogP contribution in [0.4, 0.5) is 32.0 Å². The highest BCUT2D eigenvalue weighted by molar-refractivity contribution is 9.10. The molecule has 6 heterocycles. The highest BCUT2D eigenvalue weighted by atomic mass is 79.9. The molecule has 0 atom stereocenters. The van der Waals surface area contributed by atoms with E-state index in [0.29, 0.717) is 24.2 Å². The van der Waals surface area contributed by atoms with E-state index < -0.39 is 12.7 Å². The largest absolute Gasteiger partial charge is 0.573 e. The van der Waals surface area contributed by atoms with E-state index in [4.69, 9.17) is 9.05 Å². The number of aromatic nitrogens is 6. The van der Waals surface area contributed by atoms with Crippen molar-refractivity contribution >= 4 is 21.6 Å². The highest BCUT2D eigenvalue weighted by Gasteiger charge is 2.32. The van der Waals surface area contributed by atoms with Crippen LogP contribution in [0.25, 0.3) is 45.7 Å². The number of halogens is 7. The van der Waals surface area contributed by atoms with Gasteiger partial charge in [-0.25, -0.2) is 0 Å². The number of hydrogen-bond donors (Lipinski definition) is 1. The van der Waals surface area contributed by atoms with Crippen molar-refractivity contribution in [3.8, 4) is 57.2 Å². The third-order valence-corrected chi connectivity index (χ3v) is 13.0. The average molecular weight is 1130 g/mol. The number of benzene rings is 4. The summed E-state index contributed by atoms with van der Waals surface area (Å²) in [6.07, 6.45) is -9.56. The van der Waals surface area contributed by atoms with E-state index >= 15 is 0 Å². The maximum atomic E-state index is 13.4. The average Bonchev–Trinajstić information content (AvgIpc) is 4.09. The van der Waals surface area contributed by atoms with Crippen LogP contribution in [-0.2, 0) is 13.1 Å². The van der Waals surface area contributed by atoms with E-state index in [1.165, 1.54) is 37.4 Å². The Hall–Kier alpha value is -7.60. The van der Waals surface area contributed by atoms with Crippen LogP contribution >= 0.6 is 15.9 Å². The first-order chi connectivity index (χ1) is 36.7. The molecular weight excluding hydrogens is 1080 g/mol. The van der Waals surface area contributed by atoms with Gasteiger partial charge in [-0.05, 0) is 136 Å². The Bertz CT molecular complexity index is 3370. The number of likely N-dealkylation sites (N-methyl/N-ethyl adjacent to an activating group) is 2. The highest BCUT2D eigenvalue weighted by Crippen LogP contribution is 2.29. The molecule has 2 aliphatic rings. The van der Waals surface area contributed by atoms with Gasteiger partial charge < -0.3 is 47.7 Å². The molecule has 0 radical (unpaired) electrons. The minimum Gasteiger partial charge on any atom is -0.406 e. The lowest BCUT2D eigenvalue weighted by Crippen LogP contribution is -2.44. The van der Waals surface area contributed by atoms with Crippen molar-refractivity contribution in [1.82, 2.24) is 44.5 Å². The van der Waals surface area contributed by atoms with Crippen molar-refractivity contribution in [2.24, 2.45) is 0 Å². The molecule has 4 aromatic carbocycles. The third-order valence-electron chi connectivity index (χ3n) is 12.5. The number of alkyl halides is 6. The first-order valence-corrected chi connectivity index (χ1v) is 25.0.